The largest absolute Gasteiger partial charge is 0.507 e. The van der Waals surface area contributed by atoms with Gasteiger partial charge in [-0.25, -0.2) is 15.0 Å². The fourth-order valence-electron chi connectivity index (χ4n) is 2.67. The lowest BCUT2D eigenvalue weighted by Gasteiger charge is -2.22. The van der Waals surface area contributed by atoms with Gasteiger partial charge in [0.15, 0.2) is 5.82 Å². The van der Waals surface area contributed by atoms with Gasteiger partial charge in [0.1, 0.15) is 24.0 Å². The van der Waals surface area contributed by atoms with Gasteiger partial charge in [-0.1, -0.05) is 0 Å². The minimum absolute atomic E-state index is 0.0209. The molecule has 9 heteroatoms. The molecule has 0 unspecified atom stereocenters. The molecule has 1 aliphatic heterocycles. The number of hydrogen-bond acceptors (Lipinski definition) is 8. The van der Waals surface area contributed by atoms with Crippen molar-refractivity contribution in [2.24, 2.45) is 0 Å². The van der Waals surface area contributed by atoms with E-state index in [4.69, 9.17) is 4.74 Å². The minimum Gasteiger partial charge on any atom is -0.507 e. The molecule has 0 amide bonds. The molecule has 0 aromatic carbocycles. The summed E-state index contributed by atoms with van der Waals surface area (Å²) >= 11 is 0. The molecule has 0 spiro atoms. The summed E-state index contributed by atoms with van der Waals surface area (Å²) in [5.74, 6) is 1.25. The van der Waals surface area contributed by atoms with E-state index >= 15 is 0 Å². The summed E-state index contributed by atoms with van der Waals surface area (Å²) in [4.78, 5) is 12.5. The summed E-state index contributed by atoms with van der Waals surface area (Å²) in [5.41, 5.74) is 0.407. The standard InChI is InChI=1S/C16H17N7O2/c24-13-7-14(23-6-5-18-10-23)19-8-12(13)16-20-9-15(21-22-16)25-11-1-3-17-4-2-11/h5-11,17H,1-4H2,(H,19,24). The van der Waals surface area contributed by atoms with E-state index in [1.807, 2.05) is 0 Å². The Hall–Kier alpha value is -3.07. The van der Waals surface area contributed by atoms with Crippen LogP contribution < -0.4 is 10.1 Å². The van der Waals surface area contributed by atoms with Gasteiger partial charge in [0.05, 0.1) is 11.8 Å². The van der Waals surface area contributed by atoms with Gasteiger partial charge in [0, 0.05) is 24.7 Å². The van der Waals surface area contributed by atoms with Crippen LogP contribution in [0.15, 0.2) is 37.2 Å². The average molecular weight is 339 g/mol. The Morgan fingerprint density at radius 3 is 2.72 bits per heavy atom. The number of pyridine rings is 1. The molecule has 1 fully saturated rings. The smallest absolute Gasteiger partial charge is 0.252 e. The maximum atomic E-state index is 10.3. The molecule has 1 saturated heterocycles. The van der Waals surface area contributed by atoms with Gasteiger partial charge in [-0.3, -0.25) is 4.57 Å². The molecule has 9 nitrogen and oxygen atoms in total. The van der Waals surface area contributed by atoms with Gasteiger partial charge < -0.3 is 15.2 Å². The monoisotopic (exact) mass is 339 g/mol. The van der Waals surface area contributed by atoms with E-state index < -0.39 is 0 Å². The molecule has 0 aliphatic carbocycles. The molecule has 2 N–H and O–H groups in total. The lowest BCUT2D eigenvalue weighted by atomic mass is 10.1. The van der Waals surface area contributed by atoms with Crippen molar-refractivity contribution >= 4 is 0 Å². The zero-order valence-electron chi connectivity index (χ0n) is 13.4. The molecular formula is C16H17N7O2. The van der Waals surface area contributed by atoms with Crippen molar-refractivity contribution in [3.8, 4) is 28.8 Å². The number of imidazole rings is 1. The van der Waals surface area contributed by atoms with Gasteiger partial charge in [0.25, 0.3) is 5.88 Å². The average Bonchev–Trinajstić information content (AvgIpc) is 3.18. The number of rotatable bonds is 4. The van der Waals surface area contributed by atoms with Crippen LogP contribution in [0, 0.1) is 0 Å². The van der Waals surface area contributed by atoms with E-state index in [9.17, 15) is 5.11 Å². The summed E-state index contributed by atoms with van der Waals surface area (Å²) in [6.45, 7) is 1.87. The van der Waals surface area contributed by atoms with Gasteiger partial charge in [0.2, 0.25) is 0 Å². The van der Waals surface area contributed by atoms with Crippen LogP contribution in [0.25, 0.3) is 17.2 Å². The van der Waals surface area contributed by atoms with E-state index in [0.29, 0.717) is 23.1 Å². The molecule has 0 radical (unpaired) electrons. The lowest BCUT2D eigenvalue weighted by Crippen LogP contribution is -2.34. The van der Waals surface area contributed by atoms with Crippen molar-refractivity contribution in [1.29, 1.82) is 0 Å². The molecule has 25 heavy (non-hydrogen) atoms. The first kappa shape index (κ1) is 15.5. The number of nitrogens with zero attached hydrogens (tertiary/aromatic N) is 6. The van der Waals surface area contributed by atoms with Crippen LogP contribution in [0.2, 0.25) is 0 Å². The molecule has 0 saturated carbocycles. The van der Waals surface area contributed by atoms with E-state index in [1.54, 1.807) is 23.3 Å². The zero-order valence-corrected chi connectivity index (χ0v) is 13.4. The Labute approximate surface area is 143 Å². The molecule has 3 aromatic heterocycles. The topological polar surface area (TPSA) is 111 Å². The van der Waals surface area contributed by atoms with Crippen LogP contribution in [0.4, 0.5) is 0 Å². The molecule has 0 atom stereocenters. The van der Waals surface area contributed by atoms with Crippen molar-refractivity contribution in [1.82, 2.24) is 35.0 Å². The quantitative estimate of drug-likeness (QED) is 0.723. The lowest BCUT2D eigenvalue weighted by molar-refractivity contribution is 0.153. The highest BCUT2D eigenvalue weighted by atomic mass is 16.5. The zero-order chi connectivity index (χ0) is 17.1. The summed E-state index contributed by atoms with van der Waals surface area (Å²) in [5, 5.41) is 21.6. The molecule has 1 aliphatic rings. The molecule has 128 valence electrons. The fourth-order valence-corrected chi connectivity index (χ4v) is 2.67. The summed E-state index contributed by atoms with van der Waals surface area (Å²) in [6.07, 6.45) is 10.0. The van der Waals surface area contributed by atoms with Crippen molar-refractivity contribution in [2.45, 2.75) is 18.9 Å². The number of ether oxygens (including phenoxy) is 1. The van der Waals surface area contributed by atoms with E-state index in [-0.39, 0.29) is 11.9 Å². The Morgan fingerprint density at radius 2 is 2.04 bits per heavy atom. The normalized spacial score (nSPS) is 15.2. The highest BCUT2D eigenvalue weighted by molar-refractivity contribution is 5.63. The SMILES string of the molecule is Oc1cc(-n2ccnc2)ncc1-c1ncc(OC2CCNCC2)nn1. The Morgan fingerprint density at radius 1 is 1.16 bits per heavy atom. The third kappa shape index (κ3) is 3.41. The third-order valence-electron chi connectivity index (χ3n) is 3.99. The Bertz CT molecular complexity index is 830. The van der Waals surface area contributed by atoms with Crippen LogP contribution in [-0.2, 0) is 0 Å². The second-order valence-electron chi connectivity index (χ2n) is 5.72. The molecule has 3 aromatic rings. The van der Waals surface area contributed by atoms with Gasteiger partial charge in [-0.05, 0) is 25.9 Å². The first-order valence-electron chi connectivity index (χ1n) is 8.04. The van der Waals surface area contributed by atoms with Crippen molar-refractivity contribution in [2.75, 3.05) is 13.1 Å². The van der Waals surface area contributed by atoms with Crippen molar-refractivity contribution in [3.05, 3.63) is 37.2 Å². The summed E-state index contributed by atoms with van der Waals surface area (Å²) in [7, 11) is 0. The Balaban J connectivity index is 1.51. The first-order valence-corrected chi connectivity index (χ1v) is 8.04. The molecule has 0 bridgehead atoms. The van der Waals surface area contributed by atoms with Crippen molar-refractivity contribution < 1.29 is 9.84 Å². The van der Waals surface area contributed by atoms with Gasteiger partial charge in [-0.15, -0.1) is 10.2 Å². The summed E-state index contributed by atoms with van der Waals surface area (Å²) in [6, 6.07) is 1.53. The highest BCUT2D eigenvalue weighted by Gasteiger charge is 2.16. The molecular weight excluding hydrogens is 322 g/mol. The number of aromatic nitrogens is 6. The number of hydrogen-bond donors (Lipinski definition) is 2. The van der Waals surface area contributed by atoms with Gasteiger partial charge in [-0.2, -0.15) is 0 Å². The maximum absolute atomic E-state index is 10.3. The van der Waals surface area contributed by atoms with Crippen LogP contribution in [-0.4, -0.2) is 54.0 Å². The van der Waals surface area contributed by atoms with Crippen LogP contribution in [0.5, 0.6) is 11.6 Å². The predicted octanol–water partition coefficient (Wildman–Crippen LogP) is 0.956. The van der Waals surface area contributed by atoms with E-state index in [0.717, 1.165) is 25.9 Å². The second-order valence-corrected chi connectivity index (χ2v) is 5.72. The fraction of sp³-hybridized carbons (Fsp3) is 0.312. The third-order valence-corrected chi connectivity index (χ3v) is 3.99. The molecule has 4 heterocycles. The number of aromatic hydroxyl groups is 1. The van der Waals surface area contributed by atoms with E-state index in [2.05, 4.69) is 30.5 Å². The van der Waals surface area contributed by atoms with E-state index in [1.165, 1.54) is 18.5 Å². The summed E-state index contributed by atoms with van der Waals surface area (Å²) < 4.78 is 7.47. The predicted molar refractivity (Wildman–Crippen MR) is 88.4 cm³/mol. The number of nitrogens with one attached hydrogen (secondary N) is 1. The Kier molecular flexibility index (Phi) is 4.21. The number of piperidine rings is 1. The first-order chi connectivity index (χ1) is 12.3. The van der Waals surface area contributed by atoms with Crippen LogP contribution in [0.3, 0.4) is 0 Å². The maximum Gasteiger partial charge on any atom is 0.252 e. The highest BCUT2D eigenvalue weighted by Crippen LogP contribution is 2.27. The van der Waals surface area contributed by atoms with Crippen LogP contribution >= 0.6 is 0 Å². The second kappa shape index (κ2) is 6.81. The van der Waals surface area contributed by atoms with Gasteiger partial charge >= 0.3 is 0 Å². The van der Waals surface area contributed by atoms with Crippen LogP contribution in [0.1, 0.15) is 12.8 Å². The minimum atomic E-state index is 0.0209. The van der Waals surface area contributed by atoms with Crippen molar-refractivity contribution in [3.63, 3.8) is 0 Å². The molecule has 4 rings (SSSR count).